The van der Waals surface area contributed by atoms with Crippen molar-refractivity contribution in [2.24, 2.45) is 10.8 Å². The van der Waals surface area contributed by atoms with Gasteiger partial charge < -0.3 is 9.32 Å². The summed E-state index contributed by atoms with van der Waals surface area (Å²) in [5.74, 6) is 0.729. The highest BCUT2D eigenvalue weighted by atomic mass is 16.3. The van der Waals surface area contributed by atoms with Crippen LogP contribution >= 0.6 is 0 Å². The van der Waals surface area contributed by atoms with Crippen LogP contribution in [-0.4, -0.2) is 33.2 Å². The Morgan fingerprint density at radius 2 is 1.90 bits per heavy atom. The lowest BCUT2D eigenvalue weighted by atomic mass is 9.65. The zero-order valence-corrected chi connectivity index (χ0v) is 17.3. The van der Waals surface area contributed by atoms with E-state index in [0.717, 1.165) is 31.5 Å². The van der Waals surface area contributed by atoms with Crippen molar-refractivity contribution in [1.29, 1.82) is 0 Å². The van der Waals surface area contributed by atoms with Crippen molar-refractivity contribution in [1.82, 2.24) is 14.7 Å². The van der Waals surface area contributed by atoms with E-state index in [1.807, 2.05) is 48.5 Å². The van der Waals surface area contributed by atoms with Crippen LogP contribution in [0.2, 0.25) is 0 Å². The monoisotopic (exact) mass is 389 g/mol. The molecule has 3 aromatic rings. The molecule has 0 radical (unpaired) electrons. The Morgan fingerprint density at radius 1 is 1.10 bits per heavy atom. The Labute approximate surface area is 171 Å². The first-order chi connectivity index (χ1) is 13.8. The molecule has 2 fully saturated rings. The highest BCUT2D eigenvalue weighted by molar-refractivity contribution is 5.94. The van der Waals surface area contributed by atoms with Crippen LogP contribution in [0.15, 0.2) is 59.2 Å². The number of aromatic nitrogens is 2. The maximum atomic E-state index is 13.8. The highest BCUT2D eigenvalue weighted by Gasteiger charge is 2.51. The number of furan rings is 1. The van der Waals surface area contributed by atoms with Crippen molar-refractivity contribution in [3.63, 3.8) is 0 Å². The molecule has 1 aromatic carbocycles. The van der Waals surface area contributed by atoms with Gasteiger partial charge in [-0.1, -0.05) is 39.0 Å². The van der Waals surface area contributed by atoms with Crippen molar-refractivity contribution >= 4 is 5.91 Å². The summed E-state index contributed by atoms with van der Waals surface area (Å²) < 4.78 is 7.30. The molecule has 3 heterocycles. The Bertz CT molecular complexity index is 1040. The quantitative estimate of drug-likeness (QED) is 0.621. The van der Waals surface area contributed by atoms with Crippen LogP contribution in [0, 0.1) is 10.8 Å². The topological polar surface area (TPSA) is 51.3 Å². The molecule has 2 atom stereocenters. The van der Waals surface area contributed by atoms with E-state index in [2.05, 4.69) is 25.7 Å². The van der Waals surface area contributed by atoms with Gasteiger partial charge in [-0.3, -0.25) is 4.79 Å². The molecule has 1 saturated carbocycles. The zero-order chi connectivity index (χ0) is 20.2. The fourth-order valence-electron chi connectivity index (χ4n) is 5.69. The van der Waals surface area contributed by atoms with Crippen LogP contribution in [0.3, 0.4) is 0 Å². The number of carbonyl (C=O) groups excluding carboxylic acids is 1. The van der Waals surface area contributed by atoms with E-state index in [1.54, 1.807) is 10.9 Å². The average Bonchev–Trinajstić information content (AvgIpc) is 3.38. The second-order valence-corrected chi connectivity index (χ2v) is 9.79. The van der Waals surface area contributed by atoms with E-state index in [4.69, 9.17) is 9.52 Å². The molecule has 2 bridgehead atoms. The normalized spacial score (nSPS) is 25.3. The SMILES string of the molecule is CC1(C)C[C@H]2C[C@](C)(CN2C(=O)c2cc(-c3ccco3)nn2-c2ccccc2)C1. The van der Waals surface area contributed by atoms with Gasteiger partial charge in [-0.15, -0.1) is 0 Å². The molecule has 0 unspecified atom stereocenters. The lowest BCUT2D eigenvalue weighted by Gasteiger charge is -2.39. The number of rotatable bonds is 3. The van der Waals surface area contributed by atoms with E-state index in [0.29, 0.717) is 23.2 Å². The van der Waals surface area contributed by atoms with Crippen molar-refractivity contribution in [3.8, 4) is 17.1 Å². The van der Waals surface area contributed by atoms with Crippen LogP contribution in [0.4, 0.5) is 0 Å². The van der Waals surface area contributed by atoms with E-state index >= 15 is 0 Å². The second kappa shape index (κ2) is 6.34. The number of hydrogen-bond donors (Lipinski definition) is 0. The van der Waals surface area contributed by atoms with Gasteiger partial charge in [-0.05, 0) is 54.4 Å². The number of nitrogens with zero attached hydrogens (tertiary/aromatic N) is 3. The largest absolute Gasteiger partial charge is 0.463 e. The molecule has 2 aliphatic rings. The zero-order valence-electron chi connectivity index (χ0n) is 17.3. The first-order valence-electron chi connectivity index (χ1n) is 10.3. The second-order valence-electron chi connectivity index (χ2n) is 9.79. The molecule has 150 valence electrons. The van der Waals surface area contributed by atoms with Gasteiger partial charge in [0.2, 0.25) is 0 Å². The lowest BCUT2D eigenvalue weighted by molar-refractivity contribution is 0.0699. The minimum atomic E-state index is 0.0607. The van der Waals surface area contributed by atoms with Gasteiger partial charge in [0.1, 0.15) is 11.4 Å². The molecule has 5 nitrogen and oxygen atoms in total. The molecule has 1 saturated heterocycles. The van der Waals surface area contributed by atoms with Crippen molar-refractivity contribution in [2.75, 3.05) is 6.54 Å². The van der Waals surface area contributed by atoms with Crippen LogP contribution in [0.25, 0.3) is 17.1 Å². The average molecular weight is 389 g/mol. The summed E-state index contributed by atoms with van der Waals surface area (Å²) in [4.78, 5) is 15.8. The third kappa shape index (κ3) is 3.18. The Hall–Kier alpha value is -2.82. The van der Waals surface area contributed by atoms with Gasteiger partial charge in [0.25, 0.3) is 5.91 Å². The Morgan fingerprint density at radius 3 is 2.62 bits per heavy atom. The van der Waals surface area contributed by atoms with Gasteiger partial charge in [-0.2, -0.15) is 5.10 Å². The van der Waals surface area contributed by atoms with Gasteiger partial charge in [-0.25, -0.2) is 4.68 Å². The fourth-order valence-corrected chi connectivity index (χ4v) is 5.69. The number of fused-ring (bicyclic) bond motifs is 2. The number of amides is 1. The summed E-state index contributed by atoms with van der Waals surface area (Å²) in [5.41, 5.74) is 2.62. The summed E-state index contributed by atoms with van der Waals surface area (Å²) in [6, 6.07) is 15.7. The standard InChI is InChI=1S/C24H27N3O2/c1-23(2)13-18-14-24(3,15-23)16-26(18)22(28)20-12-19(21-10-7-11-29-21)25-27(20)17-8-5-4-6-9-17/h4-12,18H,13-16H2,1-3H3/t18-,24-/m0/s1. The van der Waals surface area contributed by atoms with Gasteiger partial charge >= 0.3 is 0 Å². The van der Waals surface area contributed by atoms with Crippen molar-refractivity contribution in [3.05, 3.63) is 60.5 Å². The van der Waals surface area contributed by atoms with Crippen molar-refractivity contribution < 1.29 is 9.21 Å². The molecular weight excluding hydrogens is 362 g/mol. The molecule has 1 aliphatic heterocycles. The molecule has 5 heteroatoms. The fraction of sp³-hybridized carbons (Fsp3) is 0.417. The van der Waals surface area contributed by atoms with Crippen LogP contribution in [0.1, 0.15) is 50.5 Å². The Balaban J connectivity index is 1.56. The van der Waals surface area contributed by atoms with E-state index in [-0.39, 0.29) is 16.7 Å². The summed E-state index contributed by atoms with van der Waals surface area (Å²) in [6.07, 6.45) is 4.94. The molecule has 1 amide bonds. The number of benzene rings is 1. The maximum Gasteiger partial charge on any atom is 0.272 e. The highest BCUT2D eigenvalue weighted by Crippen LogP contribution is 2.52. The first kappa shape index (κ1) is 18.2. The third-order valence-corrected chi connectivity index (χ3v) is 6.38. The maximum absolute atomic E-state index is 13.8. The predicted octanol–water partition coefficient (Wildman–Crippen LogP) is 5.17. The number of carbonyl (C=O) groups is 1. The number of para-hydroxylation sites is 1. The van der Waals surface area contributed by atoms with Crippen LogP contribution in [-0.2, 0) is 0 Å². The molecule has 29 heavy (non-hydrogen) atoms. The predicted molar refractivity (Wildman–Crippen MR) is 112 cm³/mol. The Kier molecular flexibility index (Phi) is 3.99. The number of hydrogen-bond acceptors (Lipinski definition) is 3. The molecular formula is C24H27N3O2. The van der Waals surface area contributed by atoms with Gasteiger partial charge in [0.05, 0.1) is 12.0 Å². The van der Waals surface area contributed by atoms with E-state index in [9.17, 15) is 4.79 Å². The van der Waals surface area contributed by atoms with E-state index in [1.165, 1.54) is 0 Å². The first-order valence-corrected chi connectivity index (χ1v) is 10.3. The van der Waals surface area contributed by atoms with Crippen molar-refractivity contribution in [2.45, 2.75) is 46.1 Å². The molecule has 0 N–H and O–H groups in total. The minimum Gasteiger partial charge on any atom is -0.463 e. The van der Waals surface area contributed by atoms with Gasteiger partial charge in [0, 0.05) is 18.7 Å². The third-order valence-electron chi connectivity index (χ3n) is 6.38. The molecule has 2 aromatic heterocycles. The molecule has 1 aliphatic carbocycles. The van der Waals surface area contributed by atoms with Crippen LogP contribution in [0.5, 0.6) is 0 Å². The summed E-state index contributed by atoms with van der Waals surface area (Å²) in [7, 11) is 0. The minimum absolute atomic E-state index is 0.0607. The summed E-state index contributed by atoms with van der Waals surface area (Å²) in [6.45, 7) is 7.80. The van der Waals surface area contributed by atoms with Gasteiger partial charge in [0.15, 0.2) is 5.76 Å². The molecule has 5 rings (SSSR count). The lowest BCUT2D eigenvalue weighted by Crippen LogP contribution is -2.38. The molecule has 0 spiro atoms. The number of likely N-dealkylation sites (tertiary alicyclic amines) is 1. The smallest absolute Gasteiger partial charge is 0.272 e. The van der Waals surface area contributed by atoms with Crippen LogP contribution < -0.4 is 0 Å². The van der Waals surface area contributed by atoms with E-state index < -0.39 is 0 Å². The summed E-state index contributed by atoms with van der Waals surface area (Å²) >= 11 is 0. The summed E-state index contributed by atoms with van der Waals surface area (Å²) in [5, 5.41) is 4.72.